The summed E-state index contributed by atoms with van der Waals surface area (Å²) in [5.41, 5.74) is -9.32. The first-order chi connectivity index (χ1) is 31.8. The molecule has 3 aromatic heterocycles. The molecule has 4 unspecified atom stereocenters. The predicted molar refractivity (Wildman–Crippen MR) is 240 cm³/mol. The van der Waals surface area contributed by atoms with E-state index in [1.165, 1.54) is 31.3 Å². The van der Waals surface area contributed by atoms with Crippen molar-refractivity contribution in [1.82, 2.24) is 15.0 Å². The Morgan fingerprint density at radius 1 is 0.632 bits per heavy atom. The van der Waals surface area contributed by atoms with Crippen molar-refractivity contribution in [3.8, 4) is 0 Å². The number of pyridine rings is 3. The maximum atomic E-state index is 15.8. The van der Waals surface area contributed by atoms with Gasteiger partial charge in [0.25, 0.3) is 11.8 Å². The van der Waals surface area contributed by atoms with Crippen LogP contribution >= 0.6 is 46.4 Å². The van der Waals surface area contributed by atoms with E-state index in [4.69, 9.17) is 51.1 Å². The number of carbonyl (C=O) groups is 4. The van der Waals surface area contributed by atoms with Crippen molar-refractivity contribution in [2.24, 2.45) is 0 Å². The summed E-state index contributed by atoms with van der Waals surface area (Å²) in [6.45, 7) is 2.19. The number of rotatable bonds is 13. The van der Waals surface area contributed by atoms with Gasteiger partial charge in [0.1, 0.15) is 16.1 Å². The summed E-state index contributed by atoms with van der Waals surface area (Å²) in [7, 11) is 1.31. The molecule has 6 aromatic rings. The van der Waals surface area contributed by atoms with Gasteiger partial charge in [0.2, 0.25) is 5.60 Å². The average molecular weight is 1020 g/mol. The molecule has 0 bridgehead atoms. The number of aliphatic hydroxyl groups is 1. The lowest BCUT2D eigenvalue weighted by molar-refractivity contribution is -0.274. The molecule has 2 amide bonds. The van der Waals surface area contributed by atoms with Gasteiger partial charge >= 0.3 is 24.3 Å². The number of amides is 2. The Bertz CT molecular complexity index is 2930. The van der Waals surface area contributed by atoms with Gasteiger partial charge in [0.15, 0.2) is 5.60 Å². The van der Waals surface area contributed by atoms with E-state index in [9.17, 15) is 42.6 Å². The van der Waals surface area contributed by atoms with Gasteiger partial charge in [-0.2, -0.15) is 26.3 Å². The molecule has 22 heteroatoms. The molecule has 0 radical (unpaired) electrons. The lowest BCUT2D eigenvalue weighted by Crippen LogP contribution is -2.50. The zero-order chi connectivity index (χ0) is 50.1. The highest BCUT2D eigenvalue weighted by Crippen LogP contribution is 2.54. The lowest BCUT2D eigenvalue weighted by atomic mass is 9.77. The molecule has 0 saturated heterocycles. The summed E-state index contributed by atoms with van der Waals surface area (Å²) < 4.78 is 96.3. The van der Waals surface area contributed by atoms with E-state index >= 15 is 13.2 Å². The quantitative estimate of drug-likeness (QED) is 0.0574. The van der Waals surface area contributed by atoms with Crippen LogP contribution < -0.4 is 10.2 Å². The van der Waals surface area contributed by atoms with Crippen LogP contribution in [0.15, 0.2) is 116 Å². The number of carbonyl (C=O) groups excluding carboxylic acids is 3. The fourth-order valence-corrected chi connectivity index (χ4v) is 8.47. The first-order valence-electron chi connectivity index (χ1n) is 19.6. The third-order valence-corrected chi connectivity index (χ3v) is 12.2. The van der Waals surface area contributed by atoms with E-state index < -0.39 is 75.8 Å². The van der Waals surface area contributed by atoms with E-state index in [0.29, 0.717) is 0 Å². The largest absolute Gasteiger partial charge is 0.478 e. The Morgan fingerprint density at radius 3 is 1.69 bits per heavy atom. The molecule has 12 nitrogen and oxygen atoms in total. The Morgan fingerprint density at radius 2 is 1.15 bits per heavy atom. The number of aromatic nitrogens is 3. The zero-order valence-electron chi connectivity index (χ0n) is 35.1. The van der Waals surface area contributed by atoms with Crippen molar-refractivity contribution in [3.63, 3.8) is 0 Å². The number of halogens is 10. The van der Waals surface area contributed by atoms with Crippen molar-refractivity contribution >= 4 is 81.7 Å². The molecule has 354 valence electrons. The van der Waals surface area contributed by atoms with Gasteiger partial charge in [0, 0.05) is 69.9 Å². The van der Waals surface area contributed by atoms with Gasteiger partial charge in [-0.15, -0.1) is 0 Å². The van der Waals surface area contributed by atoms with E-state index in [-0.39, 0.29) is 59.7 Å². The molecule has 0 aliphatic carbocycles. The first-order valence-corrected chi connectivity index (χ1v) is 21.1. The normalized spacial score (nSPS) is 14.4. The van der Waals surface area contributed by atoms with Crippen molar-refractivity contribution in [3.05, 3.63) is 181 Å². The molecule has 0 fully saturated rings. The van der Waals surface area contributed by atoms with Crippen LogP contribution in [0.5, 0.6) is 0 Å². The number of nitrogens with zero attached hydrogens (tertiary/aromatic N) is 4. The van der Waals surface area contributed by atoms with Gasteiger partial charge in [-0.3, -0.25) is 9.59 Å². The summed E-state index contributed by atoms with van der Waals surface area (Å²) in [5, 5.41) is 21.5. The predicted octanol–water partition coefficient (Wildman–Crippen LogP) is 11.7. The number of hydrogen-bond acceptors (Lipinski definition) is 9. The van der Waals surface area contributed by atoms with Gasteiger partial charge in [-0.05, 0) is 102 Å². The highest BCUT2D eigenvalue weighted by molar-refractivity contribution is 6.32. The Balaban J connectivity index is 1.26. The zero-order valence-corrected chi connectivity index (χ0v) is 38.2. The molecule has 3 heterocycles. The van der Waals surface area contributed by atoms with Crippen molar-refractivity contribution in [1.29, 1.82) is 0 Å². The first kappa shape index (κ1) is 51.1. The summed E-state index contributed by atoms with van der Waals surface area (Å²) >= 11 is 24.9. The maximum Gasteiger partial charge on any atom is 0.433 e. The molecule has 0 aliphatic rings. The van der Waals surface area contributed by atoms with Gasteiger partial charge in [0.05, 0.1) is 11.1 Å². The van der Waals surface area contributed by atoms with Crippen molar-refractivity contribution in [2.75, 3.05) is 17.3 Å². The monoisotopic (exact) mass is 1020 g/mol. The molecule has 0 saturated carbocycles. The Hall–Kier alpha value is -6.31. The highest BCUT2D eigenvalue weighted by Gasteiger charge is 2.64. The summed E-state index contributed by atoms with van der Waals surface area (Å²) in [5.74, 6) is -8.02. The molecular weight excluding hydrogens is 990 g/mol. The van der Waals surface area contributed by atoms with Crippen LogP contribution in [0.2, 0.25) is 20.4 Å². The van der Waals surface area contributed by atoms with E-state index in [2.05, 4.69) is 20.3 Å². The standard InChI is InChI=1S/C46H33Cl4F6N5O7/c1-23(43(67,45(51,52)53)29-13-16-57-36(49)21-29)32-11-7-27(19-35(32)48)40(63)61(3)31-8-4-25(5-9-31)42(66)68-44(46(54,55)56,30-14-17-58-37(50)22-30)24(2)33-10-6-26(18-34(33)47)39(62)60-38-20-28(41(64)65)12-15-59-38/h4-24,67H,1-3H3,(H,64,65)(H,59,60,62). The molecule has 6 rings (SSSR count). The van der Waals surface area contributed by atoms with Crippen LogP contribution in [-0.4, -0.2) is 68.3 Å². The van der Waals surface area contributed by atoms with Crippen LogP contribution in [0.4, 0.5) is 37.8 Å². The highest BCUT2D eigenvalue weighted by atomic mass is 35.5. The fraction of sp³-hybridized carbons (Fsp3) is 0.196. The fourth-order valence-electron chi connectivity index (χ4n) is 7.43. The summed E-state index contributed by atoms with van der Waals surface area (Å²) in [6.07, 6.45) is -7.47. The van der Waals surface area contributed by atoms with Crippen LogP contribution in [0.25, 0.3) is 0 Å². The minimum Gasteiger partial charge on any atom is -0.478 e. The molecule has 0 aliphatic heterocycles. The molecule has 3 aromatic carbocycles. The number of nitrogens with one attached hydrogen (secondary N) is 1. The average Bonchev–Trinajstić information content (AvgIpc) is 3.28. The number of aromatic carboxylic acids is 1. The maximum absolute atomic E-state index is 15.8. The summed E-state index contributed by atoms with van der Waals surface area (Å²) in [6, 6.07) is 17.4. The van der Waals surface area contributed by atoms with E-state index in [1.807, 2.05) is 0 Å². The topological polar surface area (TPSA) is 172 Å². The molecule has 4 atom stereocenters. The van der Waals surface area contributed by atoms with Gasteiger partial charge in [-0.1, -0.05) is 72.4 Å². The minimum absolute atomic E-state index is 0.103. The molecule has 0 spiro atoms. The third kappa shape index (κ3) is 10.1. The molecule has 68 heavy (non-hydrogen) atoms. The number of benzene rings is 3. The van der Waals surface area contributed by atoms with Gasteiger partial charge in [-0.25, -0.2) is 24.5 Å². The Labute approximate surface area is 402 Å². The summed E-state index contributed by atoms with van der Waals surface area (Å²) in [4.78, 5) is 64.4. The minimum atomic E-state index is -5.38. The van der Waals surface area contributed by atoms with E-state index in [1.54, 1.807) is 0 Å². The van der Waals surface area contributed by atoms with Crippen molar-refractivity contribution < 1.29 is 60.5 Å². The van der Waals surface area contributed by atoms with Crippen LogP contribution in [0.1, 0.15) is 89.4 Å². The SMILES string of the molecule is CC(c1ccc(C(=O)N(C)c2ccc(C(=O)OC(c3ccnc(Cl)c3)(C(C)c3ccc(C(=O)Nc4cc(C(=O)O)ccn4)cc3Cl)C(F)(F)F)cc2)cc1Cl)C(O)(c1ccnc(Cl)c1)C(F)(F)F. The molecular formula is C46H33Cl4F6N5O7. The number of alkyl halides is 6. The second-order valence-electron chi connectivity index (χ2n) is 15.1. The lowest BCUT2D eigenvalue weighted by Gasteiger charge is -2.40. The smallest absolute Gasteiger partial charge is 0.433 e. The van der Waals surface area contributed by atoms with Crippen LogP contribution in [0, 0.1) is 0 Å². The number of carboxylic acids is 1. The number of hydrogen-bond donors (Lipinski definition) is 3. The second kappa shape index (κ2) is 19.7. The number of anilines is 2. The second-order valence-corrected chi connectivity index (χ2v) is 16.7. The van der Waals surface area contributed by atoms with E-state index in [0.717, 1.165) is 110 Å². The molecule has 3 N–H and O–H groups in total. The number of ether oxygens (including phenoxy) is 1. The van der Waals surface area contributed by atoms with Gasteiger partial charge < -0.3 is 25.2 Å². The van der Waals surface area contributed by atoms with Crippen LogP contribution in [0.3, 0.4) is 0 Å². The van der Waals surface area contributed by atoms with Crippen molar-refractivity contribution in [2.45, 2.75) is 49.2 Å². The third-order valence-electron chi connectivity index (χ3n) is 11.2. The Kier molecular flexibility index (Phi) is 14.8. The number of esters is 1. The number of carboxylic acid groups (broad SMARTS) is 1. The van der Waals surface area contributed by atoms with Crippen LogP contribution in [-0.2, 0) is 15.9 Å².